The van der Waals surface area contributed by atoms with E-state index in [2.05, 4.69) is 9.71 Å². The van der Waals surface area contributed by atoms with Crippen molar-refractivity contribution in [2.45, 2.75) is 50.1 Å². The van der Waals surface area contributed by atoms with E-state index in [-0.39, 0.29) is 23.2 Å². The number of sulfonamides is 1. The van der Waals surface area contributed by atoms with E-state index >= 15 is 0 Å². The number of aliphatic imine (C=N–C) groups is 1. The first-order valence-electron chi connectivity index (χ1n) is 9.68. The molecule has 2 aromatic carbocycles. The van der Waals surface area contributed by atoms with Gasteiger partial charge in [0.05, 0.1) is 16.9 Å². The third-order valence-corrected chi connectivity index (χ3v) is 6.80. The van der Waals surface area contributed by atoms with Crippen LogP contribution in [0.1, 0.15) is 39.7 Å². The van der Waals surface area contributed by atoms with Crippen molar-refractivity contribution in [3.8, 4) is 11.1 Å². The number of carbonyl (C=O) groups excluding carboxylic acids is 1. The van der Waals surface area contributed by atoms with Gasteiger partial charge in [0.25, 0.3) is 0 Å². The van der Waals surface area contributed by atoms with Crippen LogP contribution in [0.2, 0.25) is 0 Å². The summed E-state index contributed by atoms with van der Waals surface area (Å²) in [6.45, 7) is 7.25. The quantitative estimate of drug-likeness (QED) is 0.781. The van der Waals surface area contributed by atoms with Crippen LogP contribution in [-0.2, 0) is 20.4 Å². The molecule has 30 heavy (non-hydrogen) atoms. The van der Waals surface area contributed by atoms with Crippen LogP contribution in [0.3, 0.4) is 0 Å². The minimum atomic E-state index is -3.73. The predicted octanol–water partition coefficient (Wildman–Crippen LogP) is 2.82. The smallest absolute Gasteiger partial charge is 0.241 e. The molecule has 0 radical (unpaired) electrons. The first-order chi connectivity index (χ1) is 13.8. The van der Waals surface area contributed by atoms with Crippen LogP contribution in [0, 0.1) is 0 Å². The Bertz CT molecular complexity index is 1120. The molecule has 7 nitrogen and oxygen atoms in total. The van der Waals surface area contributed by atoms with Crippen molar-refractivity contribution in [1.82, 2.24) is 9.62 Å². The number of benzene rings is 2. The van der Waals surface area contributed by atoms with Crippen molar-refractivity contribution in [1.29, 1.82) is 0 Å². The Morgan fingerprint density at radius 2 is 1.80 bits per heavy atom. The van der Waals surface area contributed by atoms with E-state index < -0.39 is 21.1 Å². The van der Waals surface area contributed by atoms with Crippen molar-refractivity contribution >= 4 is 21.9 Å². The van der Waals surface area contributed by atoms with E-state index in [9.17, 15) is 13.2 Å². The van der Waals surface area contributed by atoms with Gasteiger partial charge >= 0.3 is 0 Å². The van der Waals surface area contributed by atoms with Gasteiger partial charge in [-0.2, -0.15) is 0 Å². The molecule has 8 heteroatoms. The first-order valence-corrected chi connectivity index (χ1v) is 11.2. The van der Waals surface area contributed by atoms with Crippen LogP contribution in [0.25, 0.3) is 11.1 Å². The zero-order valence-corrected chi connectivity index (χ0v) is 18.7. The first kappa shape index (κ1) is 22.0. The molecule has 1 amide bonds. The molecule has 0 aromatic heterocycles. The maximum atomic E-state index is 13.0. The van der Waals surface area contributed by atoms with Gasteiger partial charge in [0.1, 0.15) is 0 Å². The number of rotatable bonds is 4. The van der Waals surface area contributed by atoms with Crippen LogP contribution in [-0.4, -0.2) is 37.8 Å². The molecule has 2 aromatic rings. The van der Waals surface area contributed by atoms with E-state index in [0.717, 1.165) is 11.1 Å². The molecule has 3 rings (SSSR count). The summed E-state index contributed by atoms with van der Waals surface area (Å²) in [4.78, 5) is 18.4. The Labute approximate surface area is 178 Å². The summed E-state index contributed by atoms with van der Waals surface area (Å²) in [7, 11) is -2.14. The van der Waals surface area contributed by atoms with E-state index in [1.54, 1.807) is 52.1 Å². The lowest BCUT2D eigenvalue weighted by atomic mass is 9.86. The minimum Gasteiger partial charge on any atom is -0.369 e. The highest BCUT2D eigenvalue weighted by molar-refractivity contribution is 7.89. The molecule has 0 saturated carbocycles. The predicted molar refractivity (Wildman–Crippen MR) is 118 cm³/mol. The van der Waals surface area contributed by atoms with Gasteiger partial charge in [0, 0.05) is 18.2 Å². The van der Waals surface area contributed by atoms with Gasteiger partial charge in [-0.25, -0.2) is 18.1 Å². The normalized spacial score (nSPS) is 20.2. The van der Waals surface area contributed by atoms with Crippen molar-refractivity contribution in [3.63, 3.8) is 0 Å². The molecule has 1 aliphatic rings. The average Bonchev–Trinajstić information content (AvgIpc) is 2.64. The van der Waals surface area contributed by atoms with Crippen LogP contribution < -0.4 is 10.5 Å². The summed E-state index contributed by atoms with van der Waals surface area (Å²) in [5.74, 6) is 0.0456. The number of guanidine groups is 1. The largest absolute Gasteiger partial charge is 0.369 e. The molecule has 0 fully saturated rings. The molecule has 0 bridgehead atoms. The molecular weight excluding hydrogens is 400 g/mol. The number of nitrogens with one attached hydrogen (secondary N) is 1. The highest BCUT2D eigenvalue weighted by atomic mass is 32.2. The highest BCUT2D eigenvalue weighted by Gasteiger charge is 2.36. The second-order valence-electron chi connectivity index (χ2n) is 8.81. The minimum absolute atomic E-state index is 0.118. The molecule has 3 N–H and O–H groups in total. The molecule has 0 saturated heterocycles. The summed E-state index contributed by atoms with van der Waals surface area (Å²) < 4.78 is 28.7. The topological polar surface area (TPSA) is 105 Å². The fourth-order valence-electron chi connectivity index (χ4n) is 3.49. The maximum absolute atomic E-state index is 13.0. The molecule has 1 aliphatic heterocycles. The molecule has 1 atom stereocenters. The second kappa shape index (κ2) is 7.52. The maximum Gasteiger partial charge on any atom is 0.241 e. The van der Waals surface area contributed by atoms with Gasteiger partial charge in [0.15, 0.2) is 5.96 Å². The van der Waals surface area contributed by atoms with E-state index in [1.807, 2.05) is 31.2 Å². The lowest BCUT2D eigenvalue weighted by molar-refractivity contribution is -0.128. The second-order valence-corrected chi connectivity index (χ2v) is 10.5. The van der Waals surface area contributed by atoms with Crippen LogP contribution in [0.15, 0.2) is 58.4 Å². The molecule has 1 unspecified atom stereocenters. The van der Waals surface area contributed by atoms with Gasteiger partial charge in [-0.1, -0.05) is 36.4 Å². The van der Waals surface area contributed by atoms with Gasteiger partial charge in [0.2, 0.25) is 15.9 Å². The SMILES string of the molecule is CN1C(=O)CC(C)(c2cccc(-c3ccccc3S(=O)(=O)NC(C)(C)C)c2)N=C1N. The zero-order valence-electron chi connectivity index (χ0n) is 17.9. The number of carbonyl (C=O) groups is 1. The summed E-state index contributed by atoms with van der Waals surface area (Å²) in [5, 5.41) is 0. The Balaban J connectivity index is 2.10. The summed E-state index contributed by atoms with van der Waals surface area (Å²) in [6, 6.07) is 14.3. The van der Waals surface area contributed by atoms with Crippen molar-refractivity contribution in [2.75, 3.05) is 7.05 Å². The Kier molecular flexibility index (Phi) is 5.51. The fraction of sp³-hybridized carbons (Fsp3) is 0.364. The van der Waals surface area contributed by atoms with Gasteiger partial charge < -0.3 is 5.73 Å². The molecule has 160 valence electrons. The van der Waals surface area contributed by atoms with E-state index in [4.69, 9.17) is 5.73 Å². The Hall–Kier alpha value is -2.71. The van der Waals surface area contributed by atoms with E-state index in [1.165, 1.54) is 4.90 Å². The van der Waals surface area contributed by atoms with Gasteiger partial charge in [-0.05, 0) is 51.0 Å². The molecular formula is C22H28N4O3S. The Morgan fingerprint density at radius 1 is 1.13 bits per heavy atom. The lowest BCUT2D eigenvalue weighted by Gasteiger charge is -2.33. The van der Waals surface area contributed by atoms with E-state index in [0.29, 0.717) is 5.56 Å². The fourth-order valence-corrected chi connectivity index (χ4v) is 5.14. The monoisotopic (exact) mass is 428 g/mol. The number of nitrogens with zero attached hydrogens (tertiary/aromatic N) is 2. The van der Waals surface area contributed by atoms with Crippen molar-refractivity contribution < 1.29 is 13.2 Å². The zero-order chi connectivity index (χ0) is 22.3. The van der Waals surface area contributed by atoms with Crippen LogP contribution >= 0.6 is 0 Å². The van der Waals surface area contributed by atoms with Crippen molar-refractivity contribution in [3.05, 3.63) is 54.1 Å². The standard InChI is InChI=1S/C22H28N4O3S/c1-21(2,3)25-30(28,29)18-12-7-6-11-17(18)15-9-8-10-16(13-15)22(4)14-19(27)26(5)20(23)24-22/h6-13,25H,14H2,1-5H3,(H2,23,24). The number of hydrogen-bond donors (Lipinski definition) is 2. The molecule has 0 spiro atoms. The van der Waals surface area contributed by atoms with Crippen LogP contribution in [0.5, 0.6) is 0 Å². The van der Waals surface area contributed by atoms with Crippen LogP contribution in [0.4, 0.5) is 0 Å². The van der Waals surface area contributed by atoms with Crippen molar-refractivity contribution in [2.24, 2.45) is 10.7 Å². The highest BCUT2D eigenvalue weighted by Crippen LogP contribution is 2.36. The van der Waals surface area contributed by atoms with Gasteiger partial charge in [-0.3, -0.25) is 9.69 Å². The average molecular weight is 429 g/mol. The lowest BCUT2D eigenvalue weighted by Crippen LogP contribution is -2.47. The number of amides is 1. The van der Waals surface area contributed by atoms with Gasteiger partial charge in [-0.15, -0.1) is 0 Å². The third kappa shape index (κ3) is 4.39. The summed E-state index contributed by atoms with van der Waals surface area (Å²) in [6.07, 6.45) is 0.180. The number of hydrogen-bond acceptors (Lipinski definition) is 5. The third-order valence-electron chi connectivity index (χ3n) is 4.99. The molecule has 1 heterocycles. The Morgan fingerprint density at radius 3 is 2.43 bits per heavy atom. The number of nitrogens with two attached hydrogens (primary N) is 1. The summed E-state index contributed by atoms with van der Waals surface area (Å²) >= 11 is 0. The summed E-state index contributed by atoms with van der Waals surface area (Å²) in [5.41, 5.74) is 6.61. The molecule has 0 aliphatic carbocycles.